The van der Waals surface area contributed by atoms with Gasteiger partial charge in [0.15, 0.2) is 0 Å². The molecule has 0 bridgehead atoms. The molecule has 0 aliphatic carbocycles. The van der Waals surface area contributed by atoms with Gasteiger partial charge in [-0.3, -0.25) is 4.79 Å². The van der Waals surface area contributed by atoms with E-state index in [1.807, 2.05) is 49.5 Å². The number of fused-ring (bicyclic) bond motifs is 2. The number of carbonyl (C=O) groups is 1. The summed E-state index contributed by atoms with van der Waals surface area (Å²) in [6.07, 6.45) is 1.98. The molecule has 1 aliphatic rings. The molecule has 0 saturated heterocycles. The third kappa shape index (κ3) is 1.92. The molecule has 3 aromatic rings. The molecule has 3 aromatic carbocycles. The summed E-state index contributed by atoms with van der Waals surface area (Å²) in [5, 5.41) is 2.39. The van der Waals surface area contributed by atoms with Gasteiger partial charge in [0.1, 0.15) is 0 Å². The second kappa shape index (κ2) is 4.85. The Balaban J connectivity index is 1.86. The number of benzene rings is 3. The van der Waals surface area contributed by atoms with Crippen LogP contribution in [0.15, 0.2) is 66.7 Å². The molecule has 1 heterocycles. The third-order valence-corrected chi connectivity index (χ3v) is 4.18. The summed E-state index contributed by atoms with van der Waals surface area (Å²) in [5.74, 6) is 0.0503. The number of rotatable bonds is 1. The van der Waals surface area contributed by atoms with E-state index >= 15 is 0 Å². The number of amides is 1. The smallest absolute Gasteiger partial charge is 0.258 e. The van der Waals surface area contributed by atoms with Gasteiger partial charge < -0.3 is 4.90 Å². The molecule has 0 unspecified atom stereocenters. The highest BCUT2D eigenvalue weighted by Gasteiger charge is 2.28. The van der Waals surface area contributed by atoms with E-state index < -0.39 is 0 Å². The third-order valence-electron chi connectivity index (χ3n) is 4.18. The summed E-state index contributed by atoms with van der Waals surface area (Å²) < 4.78 is 0. The van der Waals surface area contributed by atoms with E-state index in [-0.39, 0.29) is 5.91 Å². The van der Waals surface area contributed by atoms with Crippen molar-refractivity contribution in [1.82, 2.24) is 0 Å². The minimum absolute atomic E-state index is 0.0503. The Morgan fingerprint density at radius 2 is 1.59 bits per heavy atom. The van der Waals surface area contributed by atoms with Crippen molar-refractivity contribution in [2.45, 2.75) is 0 Å². The number of anilines is 1. The lowest BCUT2D eigenvalue weighted by molar-refractivity contribution is -0.112. The van der Waals surface area contributed by atoms with Crippen LogP contribution in [0.4, 0.5) is 5.69 Å². The Bertz CT molecular complexity index is 924. The van der Waals surface area contributed by atoms with Crippen LogP contribution >= 0.6 is 0 Å². The highest BCUT2D eigenvalue weighted by atomic mass is 16.2. The van der Waals surface area contributed by atoms with Gasteiger partial charge in [-0.15, -0.1) is 0 Å². The first-order valence-corrected chi connectivity index (χ1v) is 7.32. The summed E-state index contributed by atoms with van der Waals surface area (Å²) in [4.78, 5) is 14.2. The second-order valence-electron chi connectivity index (χ2n) is 5.55. The molecule has 106 valence electrons. The molecule has 0 atom stereocenters. The number of para-hydroxylation sites is 1. The largest absolute Gasteiger partial charge is 0.311 e. The molecular weight excluding hydrogens is 270 g/mol. The van der Waals surface area contributed by atoms with Crippen molar-refractivity contribution < 1.29 is 4.79 Å². The summed E-state index contributed by atoms with van der Waals surface area (Å²) >= 11 is 0. The SMILES string of the molecule is CN1C(=O)/C(=C\c2ccc3ccccc3c2)c2ccccc21. The van der Waals surface area contributed by atoms with Gasteiger partial charge in [-0.1, -0.05) is 54.6 Å². The molecule has 0 aromatic heterocycles. The minimum Gasteiger partial charge on any atom is -0.311 e. The zero-order valence-corrected chi connectivity index (χ0v) is 12.3. The van der Waals surface area contributed by atoms with Crippen LogP contribution in [0.1, 0.15) is 11.1 Å². The van der Waals surface area contributed by atoms with Crippen LogP contribution in [0.2, 0.25) is 0 Å². The summed E-state index contributed by atoms with van der Waals surface area (Å²) in [5.41, 5.74) is 3.78. The first-order valence-electron chi connectivity index (χ1n) is 7.32. The van der Waals surface area contributed by atoms with Crippen LogP contribution in [0.3, 0.4) is 0 Å². The van der Waals surface area contributed by atoms with E-state index in [0.717, 1.165) is 22.4 Å². The molecule has 2 heteroatoms. The lowest BCUT2D eigenvalue weighted by Crippen LogP contribution is -2.20. The number of likely N-dealkylation sites (N-methyl/N-ethyl adjacent to an activating group) is 1. The monoisotopic (exact) mass is 285 g/mol. The molecule has 1 amide bonds. The van der Waals surface area contributed by atoms with E-state index in [1.165, 1.54) is 10.8 Å². The second-order valence-corrected chi connectivity index (χ2v) is 5.55. The standard InChI is InChI=1S/C20H15NO/c1-21-19-9-5-4-8-17(19)18(20(21)22)13-14-10-11-15-6-2-3-7-16(15)12-14/h2-13H,1H3/b18-13-. The number of hydrogen-bond donors (Lipinski definition) is 0. The predicted octanol–water partition coefficient (Wildman–Crippen LogP) is 4.36. The Morgan fingerprint density at radius 3 is 2.45 bits per heavy atom. The Labute approximate surface area is 129 Å². The Hall–Kier alpha value is -2.87. The zero-order chi connectivity index (χ0) is 15.1. The van der Waals surface area contributed by atoms with Gasteiger partial charge in [0.25, 0.3) is 5.91 Å². The average molecular weight is 285 g/mol. The molecule has 0 radical (unpaired) electrons. The van der Waals surface area contributed by atoms with Crippen LogP contribution in [-0.4, -0.2) is 13.0 Å². The van der Waals surface area contributed by atoms with Gasteiger partial charge in [-0.05, 0) is 34.5 Å². The molecule has 1 aliphatic heterocycles. The average Bonchev–Trinajstić information content (AvgIpc) is 2.80. The molecule has 0 fully saturated rings. The first kappa shape index (κ1) is 12.8. The highest BCUT2D eigenvalue weighted by molar-refractivity contribution is 6.35. The van der Waals surface area contributed by atoms with Gasteiger partial charge >= 0.3 is 0 Å². The summed E-state index contributed by atoms with van der Waals surface area (Å²) in [6.45, 7) is 0. The highest BCUT2D eigenvalue weighted by Crippen LogP contribution is 2.36. The van der Waals surface area contributed by atoms with E-state index in [1.54, 1.807) is 4.90 Å². The number of hydrogen-bond acceptors (Lipinski definition) is 1. The van der Waals surface area contributed by atoms with E-state index in [9.17, 15) is 4.79 Å². The molecule has 2 nitrogen and oxygen atoms in total. The van der Waals surface area contributed by atoms with Crippen LogP contribution in [0.5, 0.6) is 0 Å². The summed E-state index contributed by atoms with van der Waals surface area (Å²) in [6, 6.07) is 22.4. The molecule has 0 spiro atoms. The molecular formula is C20H15NO. The van der Waals surface area contributed by atoms with Gasteiger partial charge in [-0.25, -0.2) is 0 Å². The van der Waals surface area contributed by atoms with Gasteiger partial charge in [0.2, 0.25) is 0 Å². The quantitative estimate of drug-likeness (QED) is 0.608. The van der Waals surface area contributed by atoms with Gasteiger partial charge in [0.05, 0.1) is 5.69 Å². The van der Waals surface area contributed by atoms with Gasteiger partial charge in [0, 0.05) is 18.2 Å². The fourth-order valence-corrected chi connectivity index (χ4v) is 3.00. The van der Waals surface area contributed by atoms with Crippen LogP contribution in [0, 0.1) is 0 Å². The maximum Gasteiger partial charge on any atom is 0.258 e. The molecule has 0 saturated carbocycles. The Morgan fingerprint density at radius 1 is 0.864 bits per heavy atom. The maximum atomic E-state index is 12.5. The number of carbonyl (C=O) groups excluding carboxylic acids is 1. The van der Waals surface area contributed by atoms with Crippen molar-refractivity contribution >= 4 is 34.0 Å². The number of nitrogens with zero attached hydrogens (tertiary/aromatic N) is 1. The van der Waals surface area contributed by atoms with Crippen molar-refractivity contribution in [2.75, 3.05) is 11.9 Å². The molecule has 22 heavy (non-hydrogen) atoms. The van der Waals surface area contributed by atoms with Crippen molar-refractivity contribution in [3.63, 3.8) is 0 Å². The minimum atomic E-state index is 0.0503. The summed E-state index contributed by atoms with van der Waals surface area (Å²) in [7, 11) is 1.82. The Kier molecular flexibility index (Phi) is 2.83. The van der Waals surface area contributed by atoms with Crippen molar-refractivity contribution in [1.29, 1.82) is 0 Å². The van der Waals surface area contributed by atoms with Crippen molar-refractivity contribution in [3.8, 4) is 0 Å². The lowest BCUT2D eigenvalue weighted by Gasteiger charge is -2.08. The van der Waals surface area contributed by atoms with Crippen molar-refractivity contribution in [2.24, 2.45) is 0 Å². The normalized spacial score (nSPS) is 15.6. The van der Waals surface area contributed by atoms with Crippen molar-refractivity contribution in [3.05, 3.63) is 77.9 Å². The van der Waals surface area contributed by atoms with Crippen LogP contribution < -0.4 is 4.90 Å². The van der Waals surface area contributed by atoms with Crippen LogP contribution in [0.25, 0.3) is 22.4 Å². The lowest BCUT2D eigenvalue weighted by atomic mass is 10.0. The molecule has 4 rings (SSSR count). The van der Waals surface area contributed by atoms with E-state index in [0.29, 0.717) is 0 Å². The zero-order valence-electron chi connectivity index (χ0n) is 12.3. The van der Waals surface area contributed by atoms with E-state index in [4.69, 9.17) is 0 Å². The van der Waals surface area contributed by atoms with Crippen LogP contribution in [-0.2, 0) is 4.79 Å². The van der Waals surface area contributed by atoms with Gasteiger partial charge in [-0.2, -0.15) is 0 Å². The predicted molar refractivity (Wildman–Crippen MR) is 91.7 cm³/mol. The fourth-order valence-electron chi connectivity index (χ4n) is 3.00. The fraction of sp³-hybridized carbons (Fsp3) is 0.0500. The van der Waals surface area contributed by atoms with E-state index in [2.05, 4.69) is 30.3 Å². The maximum absolute atomic E-state index is 12.5. The first-order chi connectivity index (χ1) is 10.7. The molecule has 0 N–H and O–H groups in total. The topological polar surface area (TPSA) is 20.3 Å².